The number of halogens is 2. The SMILES string of the molecule is CC(C)(C)OC(=O)Nc1ccc([N+](=O)[O-])c(F)c1.CC(C)(C)OC(=O)OC(=O)OC(C)(C)C.CN.CNc1cc(NC(=O)OC(C)(C)C)ccc1[N+](=O)[O-].Cn1c(=O)[nH]c2ccc(N)cc21.Cn1c(=O)[nH]c2ccc(NC(=O)OC(C)(C)C)cc21.Nc1ccc([N+](=O)[O-])c(F)c1. The monoisotopic (exact) mass is 1350 g/mol. The number of anilines is 6. The summed E-state index contributed by atoms with van der Waals surface area (Å²) in [6, 6.07) is 21.0. The minimum atomic E-state index is -1.06. The fourth-order valence-electron chi connectivity index (χ4n) is 6.79. The number of aromatic nitrogens is 4. The van der Waals surface area contributed by atoms with Crippen molar-refractivity contribution >= 4 is 104 Å². The Morgan fingerprint density at radius 2 is 0.760 bits per heavy atom. The van der Waals surface area contributed by atoms with Crippen molar-refractivity contribution in [2.45, 2.75) is 132 Å². The van der Waals surface area contributed by atoms with Crippen LogP contribution in [0.4, 0.5) is 83.9 Å². The van der Waals surface area contributed by atoms with Crippen molar-refractivity contribution in [1.82, 2.24) is 19.1 Å². The average Bonchev–Trinajstić information content (AvgIpc) is 1.66. The van der Waals surface area contributed by atoms with Gasteiger partial charge in [0.25, 0.3) is 5.69 Å². The molecule has 0 aliphatic heterocycles. The molecule has 0 spiro atoms. The highest BCUT2D eigenvalue weighted by Crippen LogP contribution is 2.28. The van der Waals surface area contributed by atoms with E-state index in [4.69, 9.17) is 35.2 Å². The molecule has 0 aliphatic rings. The van der Waals surface area contributed by atoms with E-state index in [1.54, 1.807) is 161 Å². The molecule has 526 valence electrons. The van der Waals surface area contributed by atoms with Crippen molar-refractivity contribution < 1.29 is 75.9 Å². The number of aryl methyl sites for hydroxylation is 2. The van der Waals surface area contributed by atoms with E-state index in [0.717, 1.165) is 46.3 Å². The second-order valence-electron chi connectivity index (χ2n) is 24.5. The van der Waals surface area contributed by atoms with Gasteiger partial charge in [-0.25, -0.2) is 33.6 Å². The van der Waals surface area contributed by atoms with Crippen molar-refractivity contribution in [3.8, 4) is 0 Å². The van der Waals surface area contributed by atoms with Crippen LogP contribution >= 0.6 is 0 Å². The number of amides is 3. The smallest absolute Gasteiger partial charge is 0.444 e. The van der Waals surface area contributed by atoms with Crippen molar-refractivity contribution in [2.24, 2.45) is 19.8 Å². The Labute approximate surface area is 549 Å². The highest BCUT2D eigenvalue weighted by atomic mass is 19.1. The summed E-state index contributed by atoms with van der Waals surface area (Å²) in [7, 11) is 6.44. The van der Waals surface area contributed by atoms with Crippen LogP contribution in [-0.2, 0) is 42.5 Å². The van der Waals surface area contributed by atoms with Gasteiger partial charge < -0.3 is 60.9 Å². The van der Waals surface area contributed by atoms with Crippen molar-refractivity contribution in [3.63, 3.8) is 0 Å². The number of benzene rings is 5. The third-order valence-electron chi connectivity index (χ3n) is 10.5. The van der Waals surface area contributed by atoms with Crippen LogP contribution in [0, 0.1) is 42.0 Å². The van der Waals surface area contributed by atoms with Gasteiger partial charge >= 0.3 is 53.3 Å². The summed E-state index contributed by atoms with van der Waals surface area (Å²) in [6.45, 7) is 25.7. The Morgan fingerprint density at radius 3 is 1.11 bits per heavy atom. The quantitative estimate of drug-likeness (QED) is 0.0179. The van der Waals surface area contributed by atoms with Crippen molar-refractivity contribution in [3.05, 3.63) is 154 Å². The summed E-state index contributed by atoms with van der Waals surface area (Å²) in [5.41, 5.74) is 15.8. The topological polar surface area (TPSA) is 472 Å². The Hall–Kier alpha value is -11.4. The number of carbonyl (C=O) groups excluding carboxylic acids is 5. The molecule has 0 fully saturated rings. The summed E-state index contributed by atoms with van der Waals surface area (Å²) in [5.74, 6) is -1.93. The zero-order valence-corrected chi connectivity index (χ0v) is 56.6. The second kappa shape index (κ2) is 35.6. The Bertz CT molecular complexity index is 3950. The van der Waals surface area contributed by atoms with Gasteiger partial charge in [0.15, 0.2) is 0 Å². The number of nitro groups is 3. The molecule has 0 saturated heterocycles. The predicted molar refractivity (Wildman–Crippen MR) is 358 cm³/mol. The first kappa shape index (κ1) is 82.6. The van der Waals surface area contributed by atoms with E-state index < -0.39 is 96.4 Å². The molecule has 0 atom stereocenters. The number of nitrogens with zero attached hydrogens (tertiary/aromatic N) is 5. The summed E-state index contributed by atoms with van der Waals surface area (Å²) in [4.78, 5) is 114. The fraction of sp³-hybridized carbons (Fsp3) is 0.393. The lowest BCUT2D eigenvalue weighted by Gasteiger charge is -2.20. The molecule has 2 aromatic heterocycles. The number of nitrogen functional groups attached to an aromatic ring is 2. The van der Waals surface area contributed by atoms with Crippen LogP contribution in [0.1, 0.15) is 104 Å². The molecule has 0 unspecified atom stereocenters. The van der Waals surface area contributed by atoms with Crippen LogP contribution in [0.5, 0.6) is 0 Å². The highest BCUT2D eigenvalue weighted by molar-refractivity contribution is 5.89. The lowest BCUT2D eigenvalue weighted by atomic mass is 10.2. The molecule has 7 aromatic rings. The molecule has 5 aromatic carbocycles. The molecule has 7 rings (SSSR count). The van der Waals surface area contributed by atoms with Gasteiger partial charge in [-0.05, 0) is 172 Å². The first-order valence-electron chi connectivity index (χ1n) is 28.4. The van der Waals surface area contributed by atoms with Gasteiger partial charge in [-0.3, -0.25) is 55.4 Å². The van der Waals surface area contributed by atoms with E-state index in [1.807, 2.05) is 0 Å². The first-order valence-corrected chi connectivity index (χ1v) is 28.4. The summed E-state index contributed by atoms with van der Waals surface area (Å²) in [5, 5.41) is 41.3. The number of fused-ring (bicyclic) bond motifs is 2. The van der Waals surface area contributed by atoms with Crippen LogP contribution in [0.15, 0.2) is 101 Å². The van der Waals surface area contributed by atoms with Crippen LogP contribution < -0.4 is 49.8 Å². The molecule has 33 nitrogen and oxygen atoms in total. The predicted octanol–water partition coefficient (Wildman–Crippen LogP) is 12.5. The van der Waals surface area contributed by atoms with Crippen LogP contribution in [-0.4, -0.2) is 107 Å². The third-order valence-corrected chi connectivity index (χ3v) is 10.5. The standard InChI is InChI=1S/C13H17N3O3.C12H17N3O4.C11H13FN2O4.C10H18O5.C8H9N3O.C6H5FN2O2.CH5N/c1-13(2,3)19-12(18)14-8-5-6-9-10(7-8)16(4)11(17)15-9;1-12(2,3)19-11(16)14-8-5-6-10(15(17)18)9(7-8)13-4;1-11(2,3)18-10(15)13-7-4-5-9(14(16)17)8(12)6-7;1-9(2,3)14-7(11)13-8(12)15-10(4,5)6;1-11-7-4-5(9)2-3-6(7)10-8(11)12;7-5-3-4(8)1-2-6(5)9(10)11;1-2/h5-7H,1-4H3,(H,14,18)(H,15,17);5-7,13H,1-4H3,(H,14,16);4-6H,1-3H3,(H,13,15);1-6H3;2-4H,9H2,1H3,(H,10,12);1-3H,8H2;2H2,1H3. The lowest BCUT2D eigenvalue weighted by Crippen LogP contribution is -2.29. The van der Waals surface area contributed by atoms with Crippen molar-refractivity contribution in [1.29, 1.82) is 0 Å². The van der Waals surface area contributed by atoms with Crippen molar-refractivity contribution in [2.75, 3.05) is 46.8 Å². The minimum Gasteiger partial charge on any atom is -0.444 e. The number of H-pyrrole nitrogens is 2. The van der Waals surface area contributed by atoms with Gasteiger partial charge in [0.05, 0.1) is 36.8 Å². The molecular formula is C61H84F2N14O19. The Balaban J connectivity index is 0.000000578. The van der Waals surface area contributed by atoms with Gasteiger partial charge in [-0.15, -0.1) is 0 Å². The van der Waals surface area contributed by atoms with Gasteiger partial charge in [0.2, 0.25) is 11.6 Å². The molecule has 0 radical (unpaired) electrons. The summed E-state index contributed by atoms with van der Waals surface area (Å²) >= 11 is 0. The maximum absolute atomic E-state index is 13.3. The fourth-order valence-corrected chi connectivity index (χ4v) is 6.79. The number of imidazole rings is 2. The van der Waals surface area contributed by atoms with Gasteiger partial charge in [0.1, 0.15) is 33.7 Å². The first-order chi connectivity index (χ1) is 44.0. The molecule has 2 heterocycles. The van der Waals surface area contributed by atoms with E-state index in [0.29, 0.717) is 22.7 Å². The molecule has 35 heteroatoms. The minimum absolute atomic E-state index is 0.0581. The third kappa shape index (κ3) is 31.3. The number of rotatable bonds is 7. The zero-order chi connectivity index (χ0) is 74.2. The average molecular weight is 1360 g/mol. The number of ether oxygens (including phenoxy) is 6. The zero-order valence-electron chi connectivity index (χ0n) is 56.6. The molecule has 3 amide bonds. The van der Waals surface area contributed by atoms with E-state index in [1.165, 1.54) is 46.5 Å². The number of aromatic amines is 2. The summed E-state index contributed by atoms with van der Waals surface area (Å²) in [6.07, 6.45) is -4.00. The number of nitrogens with two attached hydrogens (primary N) is 3. The number of hydrogen-bond donors (Lipinski definition) is 9. The molecule has 0 saturated carbocycles. The number of hydrogen-bond acceptors (Lipinski definition) is 23. The molecule has 0 aliphatic carbocycles. The Kier molecular flexibility index (Phi) is 30.6. The molecule has 96 heavy (non-hydrogen) atoms. The number of nitro benzene ring substituents is 3. The Morgan fingerprint density at radius 1 is 0.458 bits per heavy atom. The highest BCUT2D eigenvalue weighted by Gasteiger charge is 2.25. The maximum atomic E-state index is 13.3. The molecule has 0 bridgehead atoms. The molecule has 12 N–H and O–H groups in total. The van der Waals surface area contributed by atoms with Gasteiger partial charge in [-0.1, -0.05) is 0 Å². The van der Waals surface area contributed by atoms with Crippen LogP contribution in [0.25, 0.3) is 22.1 Å². The lowest BCUT2D eigenvalue weighted by molar-refractivity contribution is -0.387. The van der Waals surface area contributed by atoms with E-state index in [2.05, 4.69) is 41.7 Å². The molecular weight excluding hydrogens is 1270 g/mol. The van der Waals surface area contributed by atoms with Crippen LogP contribution in [0.2, 0.25) is 0 Å². The number of carbonyl (C=O) groups is 5. The summed E-state index contributed by atoms with van der Waals surface area (Å²) < 4.78 is 57.9. The normalized spacial score (nSPS) is 10.8. The van der Waals surface area contributed by atoms with E-state index in [9.17, 15) is 72.7 Å². The number of nitrogens with one attached hydrogen (secondary N) is 6. The van der Waals surface area contributed by atoms with Gasteiger partial charge in [-0.2, -0.15) is 8.78 Å². The van der Waals surface area contributed by atoms with E-state index >= 15 is 0 Å². The second-order valence-corrected chi connectivity index (χ2v) is 24.5. The maximum Gasteiger partial charge on any atom is 0.519 e. The van der Waals surface area contributed by atoms with E-state index in [-0.39, 0.29) is 28.4 Å². The van der Waals surface area contributed by atoms with Crippen LogP contribution in [0.3, 0.4) is 0 Å². The van der Waals surface area contributed by atoms with Gasteiger partial charge in [0, 0.05) is 79.9 Å². The largest absolute Gasteiger partial charge is 0.519 e.